The maximum atomic E-state index is 12.8. The van der Waals surface area contributed by atoms with E-state index in [1.165, 1.54) is 0 Å². The standard InChI is InChI=1S/C26H30N2O6/c1-15(2)24(22(29)12-16(3)25(32)27-13-23(30)31)28-26(33)34-14-21-19-10-6-4-8-17(19)18-9-5-7-11-20(18)21/h4-11,15-16,21,24H,12-14H2,1-3H3,(H,27,32)(H,28,33)(H,30,31)/t16-,24+/m1/s1. The molecule has 0 saturated carbocycles. The lowest BCUT2D eigenvalue weighted by atomic mass is 9.93. The number of rotatable bonds is 10. The molecule has 1 aliphatic rings. The number of ether oxygens (including phenoxy) is 1. The van der Waals surface area contributed by atoms with Crippen LogP contribution in [0.5, 0.6) is 0 Å². The number of aliphatic carboxylic acids is 1. The molecule has 2 amide bonds. The normalized spacial score (nSPS) is 14.0. The molecule has 2 atom stereocenters. The molecule has 34 heavy (non-hydrogen) atoms. The third kappa shape index (κ3) is 5.81. The Balaban J connectivity index is 1.60. The third-order valence-electron chi connectivity index (χ3n) is 6.00. The first-order valence-corrected chi connectivity index (χ1v) is 11.3. The largest absolute Gasteiger partial charge is 0.480 e. The number of hydrogen-bond donors (Lipinski definition) is 3. The fraction of sp³-hybridized carbons (Fsp3) is 0.385. The molecule has 0 bridgehead atoms. The first-order chi connectivity index (χ1) is 16.2. The highest BCUT2D eigenvalue weighted by Crippen LogP contribution is 2.44. The van der Waals surface area contributed by atoms with Crippen LogP contribution in [0.3, 0.4) is 0 Å². The molecule has 0 saturated heterocycles. The second-order valence-electron chi connectivity index (χ2n) is 8.87. The topological polar surface area (TPSA) is 122 Å². The summed E-state index contributed by atoms with van der Waals surface area (Å²) in [6.07, 6.45) is -0.824. The summed E-state index contributed by atoms with van der Waals surface area (Å²) in [6.45, 7) is 4.75. The minimum atomic E-state index is -1.16. The molecule has 2 aromatic rings. The molecule has 1 aliphatic carbocycles. The lowest BCUT2D eigenvalue weighted by Gasteiger charge is -2.23. The van der Waals surface area contributed by atoms with Gasteiger partial charge in [-0.1, -0.05) is 69.3 Å². The van der Waals surface area contributed by atoms with Gasteiger partial charge in [0.15, 0.2) is 5.78 Å². The van der Waals surface area contributed by atoms with Gasteiger partial charge in [-0.2, -0.15) is 0 Å². The second kappa shape index (κ2) is 11.0. The predicted octanol–water partition coefficient (Wildman–Crippen LogP) is 3.35. The van der Waals surface area contributed by atoms with Crippen molar-refractivity contribution in [2.75, 3.05) is 13.2 Å². The van der Waals surface area contributed by atoms with E-state index in [2.05, 4.69) is 22.8 Å². The van der Waals surface area contributed by atoms with E-state index in [0.29, 0.717) is 0 Å². The molecule has 8 nitrogen and oxygen atoms in total. The molecule has 0 radical (unpaired) electrons. The van der Waals surface area contributed by atoms with Crippen molar-refractivity contribution in [1.82, 2.24) is 10.6 Å². The van der Waals surface area contributed by atoms with Gasteiger partial charge >= 0.3 is 12.1 Å². The molecule has 0 aromatic heterocycles. The Morgan fingerprint density at radius 3 is 2.03 bits per heavy atom. The Bertz CT molecular complexity index is 1030. The van der Waals surface area contributed by atoms with Gasteiger partial charge in [0, 0.05) is 18.3 Å². The average Bonchev–Trinajstić information content (AvgIpc) is 3.13. The molecular formula is C26H30N2O6. The molecule has 0 unspecified atom stereocenters. The van der Waals surface area contributed by atoms with E-state index in [-0.39, 0.29) is 30.6 Å². The van der Waals surface area contributed by atoms with Crippen LogP contribution in [-0.4, -0.2) is 48.1 Å². The lowest BCUT2D eigenvalue weighted by molar-refractivity contribution is -0.138. The molecular weight excluding hydrogens is 436 g/mol. The van der Waals surface area contributed by atoms with Gasteiger partial charge in [-0.15, -0.1) is 0 Å². The smallest absolute Gasteiger partial charge is 0.407 e. The van der Waals surface area contributed by atoms with E-state index in [1.807, 2.05) is 36.4 Å². The Kier molecular flexibility index (Phi) is 8.04. The number of Topliss-reactive ketones (excluding diaryl/α,β-unsaturated/α-hetero) is 1. The number of fused-ring (bicyclic) bond motifs is 3. The van der Waals surface area contributed by atoms with Gasteiger partial charge < -0.3 is 20.5 Å². The Morgan fingerprint density at radius 2 is 1.50 bits per heavy atom. The fourth-order valence-electron chi connectivity index (χ4n) is 4.24. The van der Waals surface area contributed by atoms with Crippen LogP contribution in [0, 0.1) is 11.8 Å². The highest BCUT2D eigenvalue weighted by Gasteiger charge is 2.31. The molecule has 180 valence electrons. The van der Waals surface area contributed by atoms with Crippen LogP contribution in [0.4, 0.5) is 4.79 Å². The van der Waals surface area contributed by atoms with Crippen LogP contribution < -0.4 is 10.6 Å². The summed E-state index contributed by atoms with van der Waals surface area (Å²) in [6, 6.07) is 15.2. The molecule has 0 aliphatic heterocycles. The van der Waals surface area contributed by atoms with Crippen LogP contribution in [0.15, 0.2) is 48.5 Å². The summed E-state index contributed by atoms with van der Waals surface area (Å²) in [5, 5.41) is 13.6. The van der Waals surface area contributed by atoms with Crippen molar-refractivity contribution in [3.05, 3.63) is 59.7 Å². The van der Waals surface area contributed by atoms with Crippen LogP contribution >= 0.6 is 0 Å². The molecule has 0 fully saturated rings. The van der Waals surface area contributed by atoms with Crippen molar-refractivity contribution in [3.63, 3.8) is 0 Å². The predicted molar refractivity (Wildman–Crippen MR) is 126 cm³/mol. The number of hydrogen-bond acceptors (Lipinski definition) is 5. The zero-order chi connectivity index (χ0) is 24.8. The molecule has 2 aromatic carbocycles. The number of carboxylic acid groups (broad SMARTS) is 1. The summed E-state index contributed by atoms with van der Waals surface area (Å²) in [5.74, 6) is -3.05. The third-order valence-corrected chi connectivity index (χ3v) is 6.00. The molecule has 0 spiro atoms. The minimum absolute atomic E-state index is 0.0932. The van der Waals surface area contributed by atoms with Crippen LogP contribution in [0.1, 0.15) is 44.2 Å². The average molecular weight is 467 g/mol. The van der Waals surface area contributed by atoms with E-state index in [0.717, 1.165) is 22.3 Å². The van der Waals surface area contributed by atoms with E-state index < -0.39 is 36.5 Å². The number of ketones is 1. The van der Waals surface area contributed by atoms with Crippen molar-refractivity contribution in [2.45, 2.75) is 39.2 Å². The van der Waals surface area contributed by atoms with E-state index in [9.17, 15) is 19.2 Å². The SMILES string of the molecule is CC(C)[C@H](NC(=O)OCC1c2ccccc2-c2ccccc21)C(=O)C[C@@H](C)C(=O)NCC(=O)O. The number of carbonyl (C=O) groups excluding carboxylic acids is 3. The Morgan fingerprint density at radius 1 is 0.941 bits per heavy atom. The van der Waals surface area contributed by atoms with Crippen molar-refractivity contribution in [2.24, 2.45) is 11.8 Å². The fourth-order valence-corrected chi connectivity index (χ4v) is 4.24. The monoisotopic (exact) mass is 466 g/mol. The van der Waals surface area contributed by atoms with Gasteiger partial charge in [0.2, 0.25) is 5.91 Å². The molecule has 3 rings (SSSR count). The van der Waals surface area contributed by atoms with Crippen molar-refractivity contribution in [3.8, 4) is 11.1 Å². The summed E-state index contributed by atoms with van der Waals surface area (Å²) < 4.78 is 5.54. The van der Waals surface area contributed by atoms with Crippen LogP contribution in [-0.2, 0) is 19.1 Å². The number of alkyl carbamates (subject to hydrolysis) is 1. The maximum absolute atomic E-state index is 12.8. The second-order valence-corrected chi connectivity index (χ2v) is 8.87. The maximum Gasteiger partial charge on any atom is 0.407 e. The van der Waals surface area contributed by atoms with Crippen molar-refractivity contribution < 1.29 is 29.0 Å². The quantitative estimate of drug-likeness (QED) is 0.494. The number of carbonyl (C=O) groups is 4. The zero-order valence-corrected chi connectivity index (χ0v) is 19.5. The van der Waals surface area contributed by atoms with Crippen molar-refractivity contribution >= 4 is 23.8 Å². The Hall–Kier alpha value is -3.68. The van der Waals surface area contributed by atoms with E-state index in [1.54, 1.807) is 20.8 Å². The first-order valence-electron chi connectivity index (χ1n) is 11.3. The molecule has 8 heteroatoms. The summed E-state index contributed by atoms with van der Waals surface area (Å²) in [5.41, 5.74) is 4.43. The summed E-state index contributed by atoms with van der Waals surface area (Å²) in [7, 11) is 0. The first kappa shape index (κ1) is 25.0. The number of amides is 2. The highest BCUT2D eigenvalue weighted by molar-refractivity contribution is 5.92. The molecule has 0 heterocycles. The number of carboxylic acids is 1. The van der Waals surface area contributed by atoms with Gasteiger partial charge in [0.1, 0.15) is 13.2 Å². The Labute approximate surface area is 198 Å². The van der Waals surface area contributed by atoms with E-state index in [4.69, 9.17) is 9.84 Å². The van der Waals surface area contributed by atoms with Crippen LogP contribution in [0.25, 0.3) is 11.1 Å². The number of nitrogens with one attached hydrogen (secondary N) is 2. The van der Waals surface area contributed by atoms with Gasteiger partial charge in [-0.05, 0) is 28.2 Å². The summed E-state index contributed by atoms with van der Waals surface area (Å²) >= 11 is 0. The van der Waals surface area contributed by atoms with Gasteiger partial charge in [0.25, 0.3) is 0 Å². The highest BCUT2D eigenvalue weighted by atomic mass is 16.5. The van der Waals surface area contributed by atoms with Gasteiger partial charge in [-0.3, -0.25) is 14.4 Å². The summed E-state index contributed by atoms with van der Waals surface area (Å²) in [4.78, 5) is 48.0. The van der Waals surface area contributed by atoms with Crippen molar-refractivity contribution in [1.29, 1.82) is 0 Å². The van der Waals surface area contributed by atoms with Gasteiger partial charge in [-0.25, -0.2) is 4.79 Å². The zero-order valence-electron chi connectivity index (χ0n) is 19.5. The van der Waals surface area contributed by atoms with E-state index >= 15 is 0 Å². The van der Waals surface area contributed by atoms with Gasteiger partial charge in [0.05, 0.1) is 6.04 Å². The van der Waals surface area contributed by atoms with Crippen LogP contribution in [0.2, 0.25) is 0 Å². The lowest BCUT2D eigenvalue weighted by Crippen LogP contribution is -2.46. The minimum Gasteiger partial charge on any atom is -0.480 e. The molecule has 3 N–H and O–H groups in total. The number of benzene rings is 2.